The van der Waals surface area contributed by atoms with E-state index in [4.69, 9.17) is 11.6 Å². The van der Waals surface area contributed by atoms with Crippen LogP contribution in [-0.4, -0.2) is 64.2 Å². The molecule has 3 heterocycles. The molecule has 2 aliphatic heterocycles. The van der Waals surface area contributed by atoms with Gasteiger partial charge < -0.3 is 20.6 Å². The van der Waals surface area contributed by atoms with Gasteiger partial charge in [0.1, 0.15) is 6.04 Å². The summed E-state index contributed by atoms with van der Waals surface area (Å²) in [5.74, 6) is -0.0297. The normalized spacial score (nSPS) is 22.3. The lowest BCUT2D eigenvalue weighted by Crippen LogP contribution is -2.58. The number of hydrogen-bond acceptors (Lipinski definition) is 6. The van der Waals surface area contributed by atoms with Gasteiger partial charge in [-0.3, -0.25) is 4.79 Å². The van der Waals surface area contributed by atoms with E-state index in [0.29, 0.717) is 44.7 Å². The zero-order valence-electron chi connectivity index (χ0n) is 12.7. The molecule has 1 amide bonds. The monoisotopic (exact) mass is 361 g/mol. The van der Waals surface area contributed by atoms with Crippen LogP contribution in [0.25, 0.3) is 0 Å². The Morgan fingerprint density at radius 1 is 1.30 bits per heavy atom. The van der Waals surface area contributed by atoms with Crippen LogP contribution >= 0.6 is 24.0 Å². The van der Waals surface area contributed by atoms with Crippen molar-refractivity contribution < 1.29 is 9.90 Å². The second-order valence-electron chi connectivity index (χ2n) is 5.77. The molecule has 0 saturated carbocycles. The van der Waals surface area contributed by atoms with Crippen molar-refractivity contribution in [2.24, 2.45) is 0 Å². The summed E-state index contributed by atoms with van der Waals surface area (Å²) in [6.07, 6.45) is 2.70. The molecule has 1 aromatic heterocycles. The van der Waals surface area contributed by atoms with E-state index in [1.807, 2.05) is 0 Å². The van der Waals surface area contributed by atoms with E-state index >= 15 is 0 Å². The third kappa shape index (κ3) is 3.92. The molecule has 0 bridgehead atoms. The van der Waals surface area contributed by atoms with Gasteiger partial charge in [0.25, 0.3) is 0 Å². The number of carbonyl (C=O) groups excluding carboxylic acids is 1. The Hall–Kier alpha value is -0.990. The molecule has 3 rings (SSSR count). The van der Waals surface area contributed by atoms with Gasteiger partial charge in [0.15, 0.2) is 0 Å². The predicted molar refractivity (Wildman–Crippen MR) is 88.7 cm³/mol. The number of aromatic nitrogens is 2. The zero-order valence-corrected chi connectivity index (χ0v) is 14.2. The summed E-state index contributed by atoms with van der Waals surface area (Å²) in [6, 6.07) is 1.23. The number of halogens is 2. The Morgan fingerprint density at radius 3 is 2.70 bits per heavy atom. The van der Waals surface area contributed by atoms with E-state index < -0.39 is 11.6 Å². The SMILES string of the molecule is Cl.O=C1CNCCN1C(c1ccnc(Cl)n1)C1(O)CCNCC1. The molecule has 0 spiro atoms. The number of piperazine rings is 1. The van der Waals surface area contributed by atoms with Gasteiger partial charge in [-0.15, -0.1) is 12.4 Å². The Kier molecular flexibility index (Phi) is 6.16. The lowest BCUT2D eigenvalue weighted by Gasteiger charge is -2.45. The summed E-state index contributed by atoms with van der Waals surface area (Å²) in [5, 5.41) is 17.6. The molecular weight excluding hydrogens is 341 g/mol. The predicted octanol–water partition coefficient (Wildman–Crippen LogP) is 0.139. The number of hydrogen-bond donors (Lipinski definition) is 3. The van der Waals surface area contributed by atoms with Crippen LogP contribution in [0, 0.1) is 0 Å². The lowest BCUT2D eigenvalue weighted by molar-refractivity contribution is -0.145. The van der Waals surface area contributed by atoms with Crippen molar-refractivity contribution in [2.45, 2.75) is 24.5 Å². The lowest BCUT2D eigenvalue weighted by atomic mass is 9.82. The first-order valence-corrected chi connectivity index (χ1v) is 7.90. The largest absolute Gasteiger partial charge is 0.387 e. The van der Waals surface area contributed by atoms with Gasteiger partial charge >= 0.3 is 0 Å². The number of aliphatic hydroxyl groups is 1. The van der Waals surface area contributed by atoms with Gasteiger partial charge in [-0.25, -0.2) is 9.97 Å². The molecule has 2 fully saturated rings. The van der Waals surface area contributed by atoms with Crippen molar-refractivity contribution in [1.82, 2.24) is 25.5 Å². The van der Waals surface area contributed by atoms with Crippen molar-refractivity contribution in [2.75, 3.05) is 32.7 Å². The Balaban J connectivity index is 0.00000192. The molecule has 7 nitrogen and oxygen atoms in total. The highest BCUT2D eigenvalue weighted by Crippen LogP contribution is 2.37. The van der Waals surface area contributed by atoms with Crippen LogP contribution in [-0.2, 0) is 4.79 Å². The van der Waals surface area contributed by atoms with Crippen molar-refractivity contribution in [3.8, 4) is 0 Å². The van der Waals surface area contributed by atoms with Crippen LogP contribution in [0.5, 0.6) is 0 Å². The maximum absolute atomic E-state index is 12.3. The third-order valence-electron chi connectivity index (χ3n) is 4.34. The number of nitrogens with zero attached hydrogens (tertiary/aromatic N) is 3. The van der Waals surface area contributed by atoms with Crippen LogP contribution in [0.3, 0.4) is 0 Å². The van der Waals surface area contributed by atoms with Gasteiger partial charge in [-0.1, -0.05) is 0 Å². The van der Waals surface area contributed by atoms with Crippen LogP contribution in [0.15, 0.2) is 12.3 Å². The van der Waals surface area contributed by atoms with Crippen molar-refractivity contribution in [3.63, 3.8) is 0 Å². The van der Waals surface area contributed by atoms with Crippen LogP contribution in [0.1, 0.15) is 24.6 Å². The molecule has 2 aliphatic rings. The van der Waals surface area contributed by atoms with Crippen molar-refractivity contribution >= 4 is 29.9 Å². The summed E-state index contributed by atoms with van der Waals surface area (Å²) >= 11 is 5.92. The first kappa shape index (κ1) is 18.4. The second-order valence-corrected chi connectivity index (χ2v) is 6.11. The molecule has 9 heteroatoms. The smallest absolute Gasteiger partial charge is 0.237 e. The summed E-state index contributed by atoms with van der Waals surface area (Å²) in [6.45, 7) is 2.96. The van der Waals surface area contributed by atoms with E-state index in [1.54, 1.807) is 17.2 Å². The maximum atomic E-state index is 12.3. The number of nitrogens with one attached hydrogen (secondary N) is 2. The van der Waals surface area contributed by atoms with Crippen LogP contribution in [0.4, 0.5) is 0 Å². The minimum Gasteiger partial charge on any atom is -0.387 e. The molecule has 128 valence electrons. The van der Waals surface area contributed by atoms with E-state index in [9.17, 15) is 9.90 Å². The van der Waals surface area contributed by atoms with Gasteiger partial charge in [0.2, 0.25) is 11.2 Å². The number of piperidine rings is 1. The fourth-order valence-electron chi connectivity index (χ4n) is 3.25. The highest BCUT2D eigenvalue weighted by molar-refractivity contribution is 6.28. The van der Waals surface area contributed by atoms with E-state index in [2.05, 4.69) is 20.6 Å². The Labute approximate surface area is 146 Å². The molecule has 0 radical (unpaired) electrons. The van der Waals surface area contributed by atoms with Gasteiger partial charge in [-0.05, 0) is 43.6 Å². The highest BCUT2D eigenvalue weighted by atomic mass is 35.5. The number of amides is 1. The topological polar surface area (TPSA) is 90.4 Å². The van der Waals surface area contributed by atoms with E-state index in [1.165, 1.54) is 0 Å². The molecule has 2 saturated heterocycles. The van der Waals surface area contributed by atoms with Crippen LogP contribution in [0.2, 0.25) is 5.28 Å². The Morgan fingerprint density at radius 2 is 2.04 bits per heavy atom. The van der Waals surface area contributed by atoms with E-state index in [0.717, 1.165) is 0 Å². The van der Waals surface area contributed by atoms with Gasteiger partial charge in [0, 0.05) is 19.3 Å². The highest BCUT2D eigenvalue weighted by Gasteiger charge is 2.45. The molecule has 0 aliphatic carbocycles. The minimum absolute atomic E-state index is 0. The van der Waals surface area contributed by atoms with Crippen LogP contribution < -0.4 is 10.6 Å². The number of rotatable bonds is 3. The Bertz CT molecular complexity index is 554. The molecule has 0 aromatic carbocycles. The van der Waals surface area contributed by atoms with Gasteiger partial charge in [-0.2, -0.15) is 0 Å². The number of carbonyl (C=O) groups is 1. The fraction of sp³-hybridized carbons (Fsp3) is 0.643. The molecule has 23 heavy (non-hydrogen) atoms. The second kappa shape index (κ2) is 7.72. The molecular formula is C14H21Cl2N5O2. The summed E-state index contributed by atoms with van der Waals surface area (Å²) in [7, 11) is 0. The average Bonchev–Trinajstić information content (AvgIpc) is 2.50. The average molecular weight is 362 g/mol. The third-order valence-corrected chi connectivity index (χ3v) is 4.53. The standard InChI is InChI=1S/C14H20ClN5O2.ClH/c15-13-18-4-1-10(19-13)12(14(22)2-5-16-6-3-14)20-8-7-17-9-11(20)21;/h1,4,12,16-17,22H,2-3,5-9H2;1H. The van der Waals surface area contributed by atoms with Gasteiger partial charge in [0.05, 0.1) is 17.8 Å². The van der Waals surface area contributed by atoms with Crippen molar-refractivity contribution in [1.29, 1.82) is 0 Å². The molecule has 1 atom stereocenters. The zero-order chi connectivity index (χ0) is 15.6. The summed E-state index contributed by atoms with van der Waals surface area (Å²) in [5.41, 5.74) is -0.407. The van der Waals surface area contributed by atoms with Crippen molar-refractivity contribution in [3.05, 3.63) is 23.2 Å². The minimum atomic E-state index is -1.00. The van der Waals surface area contributed by atoms with E-state index in [-0.39, 0.29) is 30.1 Å². The first-order valence-electron chi connectivity index (χ1n) is 7.52. The summed E-state index contributed by atoms with van der Waals surface area (Å²) in [4.78, 5) is 22.2. The molecule has 1 unspecified atom stereocenters. The maximum Gasteiger partial charge on any atom is 0.237 e. The summed E-state index contributed by atoms with van der Waals surface area (Å²) < 4.78 is 0. The quantitative estimate of drug-likeness (QED) is 0.663. The molecule has 3 N–H and O–H groups in total. The fourth-order valence-corrected chi connectivity index (χ4v) is 3.41. The molecule has 1 aromatic rings. The first-order chi connectivity index (χ1) is 10.6.